The van der Waals surface area contributed by atoms with Gasteiger partial charge in [-0.05, 0) is 32.4 Å². The van der Waals surface area contributed by atoms with Gasteiger partial charge in [0.2, 0.25) is 0 Å². The van der Waals surface area contributed by atoms with Gasteiger partial charge in [-0.2, -0.15) is 0 Å². The smallest absolute Gasteiger partial charge is 0.305 e. The van der Waals surface area contributed by atoms with Gasteiger partial charge in [0.1, 0.15) is 21.4 Å². The molecule has 0 aliphatic carbocycles. The first-order valence-electron chi connectivity index (χ1n) is 6.93. The molecule has 5 nitrogen and oxygen atoms in total. The van der Waals surface area contributed by atoms with Gasteiger partial charge in [-0.25, -0.2) is 0 Å². The minimum Gasteiger partial charge on any atom is -0.497 e. The molecule has 0 spiro atoms. The molecular formula is C16H19BrO5. The van der Waals surface area contributed by atoms with E-state index in [1.165, 1.54) is 7.11 Å². The number of carbonyl (C=O) groups is 2. The van der Waals surface area contributed by atoms with Crippen molar-refractivity contribution in [1.82, 2.24) is 0 Å². The van der Waals surface area contributed by atoms with E-state index in [0.29, 0.717) is 17.1 Å². The van der Waals surface area contributed by atoms with E-state index >= 15 is 0 Å². The number of esters is 1. The van der Waals surface area contributed by atoms with Gasteiger partial charge in [0.15, 0.2) is 5.78 Å². The molecule has 1 heterocycles. The van der Waals surface area contributed by atoms with E-state index < -0.39 is 9.93 Å². The molecule has 1 aliphatic heterocycles. The molecular weight excluding hydrogens is 352 g/mol. The molecule has 0 bridgehead atoms. The summed E-state index contributed by atoms with van der Waals surface area (Å²) in [6.07, 6.45) is 0.419. The number of methoxy groups -OCH3 is 2. The molecule has 1 aromatic rings. The highest BCUT2D eigenvalue weighted by Crippen LogP contribution is 2.48. The number of ketones is 1. The van der Waals surface area contributed by atoms with Gasteiger partial charge in [-0.15, -0.1) is 0 Å². The van der Waals surface area contributed by atoms with E-state index in [1.807, 2.05) is 13.8 Å². The van der Waals surface area contributed by atoms with Crippen molar-refractivity contribution in [3.8, 4) is 11.5 Å². The maximum Gasteiger partial charge on any atom is 0.305 e. The highest BCUT2D eigenvalue weighted by Gasteiger charge is 2.55. The molecule has 0 saturated heterocycles. The van der Waals surface area contributed by atoms with Crippen LogP contribution in [0.25, 0.3) is 0 Å². The topological polar surface area (TPSA) is 61.8 Å². The first kappa shape index (κ1) is 16.8. The predicted octanol–water partition coefficient (Wildman–Crippen LogP) is 3.14. The fourth-order valence-corrected chi connectivity index (χ4v) is 3.03. The Morgan fingerprint density at radius 2 is 2.00 bits per heavy atom. The van der Waals surface area contributed by atoms with Crippen molar-refractivity contribution < 1.29 is 23.8 Å². The average molecular weight is 371 g/mol. The molecule has 0 N–H and O–H groups in total. The van der Waals surface area contributed by atoms with E-state index in [9.17, 15) is 9.59 Å². The lowest BCUT2D eigenvalue weighted by Crippen LogP contribution is -2.57. The van der Waals surface area contributed by atoms with E-state index in [1.54, 1.807) is 25.3 Å². The Hall–Kier alpha value is -1.56. The lowest BCUT2D eigenvalue weighted by Gasteiger charge is -2.45. The summed E-state index contributed by atoms with van der Waals surface area (Å²) in [5, 5.41) is 0. The first-order chi connectivity index (χ1) is 10.2. The van der Waals surface area contributed by atoms with Crippen molar-refractivity contribution in [2.24, 2.45) is 0 Å². The van der Waals surface area contributed by atoms with Gasteiger partial charge in [-0.1, -0.05) is 15.9 Å². The predicted molar refractivity (Wildman–Crippen MR) is 84.9 cm³/mol. The van der Waals surface area contributed by atoms with Crippen LogP contribution < -0.4 is 9.47 Å². The van der Waals surface area contributed by atoms with Gasteiger partial charge in [0, 0.05) is 12.5 Å². The average Bonchev–Trinajstić information content (AvgIpc) is 2.49. The van der Waals surface area contributed by atoms with E-state index in [2.05, 4.69) is 20.7 Å². The second kappa shape index (κ2) is 5.91. The zero-order valence-corrected chi connectivity index (χ0v) is 14.7. The fourth-order valence-electron chi connectivity index (χ4n) is 2.54. The summed E-state index contributed by atoms with van der Waals surface area (Å²) in [6, 6.07) is 5.09. The molecule has 0 radical (unpaired) electrons. The molecule has 1 unspecified atom stereocenters. The van der Waals surface area contributed by atoms with Crippen LogP contribution in [0.2, 0.25) is 0 Å². The largest absolute Gasteiger partial charge is 0.497 e. The van der Waals surface area contributed by atoms with Gasteiger partial charge in [0.05, 0.1) is 19.8 Å². The van der Waals surface area contributed by atoms with Crippen molar-refractivity contribution in [2.75, 3.05) is 14.2 Å². The zero-order chi connectivity index (χ0) is 16.5. The summed E-state index contributed by atoms with van der Waals surface area (Å²) in [6.45, 7) is 3.64. The molecule has 1 atom stereocenters. The lowest BCUT2D eigenvalue weighted by molar-refractivity contribution is -0.140. The van der Waals surface area contributed by atoms with E-state index in [-0.39, 0.29) is 24.6 Å². The number of halogens is 1. The third-order valence-corrected chi connectivity index (χ3v) is 5.73. The van der Waals surface area contributed by atoms with Gasteiger partial charge in [-0.3, -0.25) is 9.59 Å². The lowest BCUT2D eigenvalue weighted by atomic mass is 9.78. The Morgan fingerprint density at radius 1 is 1.32 bits per heavy atom. The van der Waals surface area contributed by atoms with Gasteiger partial charge < -0.3 is 14.2 Å². The van der Waals surface area contributed by atoms with Crippen LogP contribution in [-0.4, -0.2) is 35.9 Å². The molecule has 0 fully saturated rings. The monoisotopic (exact) mass is 370 g/mol. The quantitative estimate of drug-likeness (QED) is 0.601. The number of alkyl halides is 1. The number of Topliss-reactive ketones (excluding diaryl/α,β-unsaturated/α-hetero) is 1. The summed E-state index contributed by atoms with van der Waals surface area (Å²) in [5.74, 6) is 0.648. The van der Waals surface area contributed by atoms with Gasteiger partial charge >= 0.3 is 5.97 Å². The normalized spacial score (nSPS) is 22.5. The number of carbonyl (C=O) groups excluding carboxylic acids is 2. The van der Waals surface area contributed by atoms with Crippen molar-refractivity contribution in [3.63, 3.8) is 0 Å². The molecule has 6 heteroatoms. The highest BCUT2D eigenvalue weighted by atomic mass is 79.9. The number of hydrogen-bond donors (Lipinski definition) is 0. The van der Waals surface area contributed by atoms with Crippen LogP contribution in [0.5, 0.6) is 11.5 Å². The third-order valence-electron chi connectivity index (χ3n) is 4.01. The molecule has 1 aromatic carbocycles. The molecule has 1 aliphatic rings. The third kappa shape index (κ3) is 2.72. The second-order valence-electron chi connectivity index (χ2n) is 5.68. The Balaban J connectivity index is 2.39. The number of benzene rings is 1. The molecule has 0 aromatic heterocycles. The number of hydrogen-bond acceptors (Lipinski definition) is 5. The molecule has 120 valence electrons. The fraction of sp³-hybridized carbons (Fsp3) is 0.500. The zero-order valence-electron chi connectivity index (χ0n) is 13.1. The minimum absolute atomic E-state index is 0.106. The number of ether oxygens (including phenoxy) is 3. The van der Waals surface area contributed by atoms with Crippen molar-refractivity contribution in [3.05, 3.63) is 23.8 Å². The van der Waals surface area contributed by atoms with Gasteiger partial charge in [0.25, 0.3) is 0 Å². The maximum absolute atomic E-state index is 12.9. The molecule has 0 amide bonds. The first-order valence-corrected chi connectivity index (χ1v) is 7.72. The Bertz CT molecular complexity index is 611. The van der Waals surface area contributed by atoms with Crippen LogP contribution in [0.1, 0.15) is 37.0 Å². The summed E-state index contributed by atoms with van der Waals surface area (Å²) in [5.41, 5.74) is -0.348. The van der Waals surface area contributed by atoms with Crippen LogP contribution in [0.15, 0.2) is 18.2 Å². The van der Waals surface area contributed by atoms with Crippen LogP contribution in [0.4, 0.5) is 0 Å². The standard InChI is InChI=1S/C16H19BrO5/c1-15(2)16(17,8-7-13(18)21-4)14(19)11-6-5-10(20-3)9-12(11)22-15/h5-6,9H,7-8H2,1-4H3. The Kier molecular flexibility index (Phi) is 4.52. The Labute approximate surface area is 138 Å². The Morgan fingerprint density at radius 3 is 2.59 bits per heavy atom. The summed E-state index contributed by atoms with van der Waals surface area (Å²) in [7, 11) is 2.89. The number of fused-ring (bicyclic) bond motifs is 1. The second-order valence-corrected chi connectivity index (χ2v) is 7.03. The highest BCUT2D eigenvalue weighted by molar-refractivity contribution is 9.10. The molecule has 2 rings (SSSR count). The molecule has 0 saturated carbocycles. The molecule has 22 heavy (non-hydrogen) atoms. The van der Waals surface area contributed by atoms with E-state index in [0.717, 1.165) is 0 Å². The van der Waals surface area contributed by atoms with Crippen molar-refractivity contribution >= 4 is 27.7 Å². The summed E-state index contributed by atoms with van der Waals surface area (Å²) < 4.78 is 14.8. The number of rotatable bonds is 4. The van der Waals surface area contributed by atoms with Crippen LogP contribution in [-0.2, 0) is 9.53 Å². The van der Waals surface area contributed by atoms with Crippen molar-refractivity contribution in [1.29, 1.82) is 0 Å². The van der Waals surface area contributed by atoms with Crippen LogP contribution in [0, 0.1) is 0 Å². The SMILES string of the molecule is COC(=O)CCC1(Br)C(=O)c2ccc(OC)cc2OC1(C)C. The van der Waals surface area contributed by atoms with Crippen molar-refractivity contribution in [2.45, 2.75) is 36.6 Å². The maximum atomic E-state index is 12.9. The summed E-state index contributed by atoms with van der Waals surface area (Å²) >= 11 is 3.53. The van der Waals surface area contributed by atoms with Crippen LogP contribution >= 0.6 is 15.9 Å². The summed E-state index contributed by atoms with van der Waals surface area (Å²) in [4.78, 5) is 24.4. The van der Waals surface area contributed by atoms with Crippen LogP contribution in [0.3, 0.4) is 0 Å². The van der Waals surface area contributed by atoms with E-state index in [4.69, 9.17) is 9.47 Å². The minimum atomic E-state index is -0.990.